The maximum atomic E-state index is 12.6. The van der Waals surface area contributed by atoms with E-state index >= 15 is 0 Å². The highest BCUT2D eigenvalue weighted by atomic mass is 19.1. The number of carbonyl (C=O) groups excluding carboxylic acids is 1. The summed E-state index contributed by atoms with van der Waals surface area (Å²) in [7, 11) is 1.85. The summed E-state index contributed by atoms with van der Waals surface area (Å²) in [4.78, 5) is 22.7. The van der Waals surface area contributed by atoms with Crippen molar-refractivity contribution >= 4 is 39.8 Å². The highest BCUT2D eigenvalue weighted by Gasteiger charge is 2.09. The van der Waals surface area contributed by atoms with Gasteiger partial charge >= 0.3 is 0 Å². The Hall–Kier alpha value is -4.26. The Labute approximate surface area is 199 Å². The molecule has 7 heteroatoms. The van der Waals surface area contributed by atoms with Crippen LogP contribution in [0.2, 0.25) is 0 Å². The van der Waals surface area contributed by atoms with Gasteiger partial charge in [0.25, 0.3) is 0 Å². The zero-order valence-corrected chi connectivity index (χ0v) is 18.3. The van der Waals surface area contributed by atoms with Crippen molar-refractivity contribution in [1.29, 1.82) is 0 Å². The molecule has 0 unspecified atom stereocenters. The molecule has 0 saturated carbocycles. The predicted molar refractivity (Wildman–Crippen MR) is 140 cm³/mol. The van der Waals surface area contributed by atoms with Crippen molar-refractivity contribution < 1.29 is 9.18 Å². The molecule has 6 nitrogen and oxygen atoms in total. The minimum atomic E-state index is -0.396. The van der Waals surface area contributed by atoms with Crippen molar-refractivity contribution in [2.45, 2.75) is 7.43 Å². The third-order valence-electron chi connectivity index (χ3n) is 5.22. The number of carbonyl (C=O) groups is 1. The number of anilines is 4. The van der Waals surface area contributed by atoms with Crippen LogP contribution in [-0.2, 0) is 4.79 Å². The van der Waals surface area contributed by atoms with Crippen molar-refractivity contribution in [3.05, 3.63) is 85.6 Å². The minimum Gasteiger partial charge on any atom is -0.372 e. The molecule has 0 atom stereocenters. The first-order chi connectivity index (χ1) is 16.1. The van der Waals surface area contributed by atoms with Gasteiger partial charge in [-0.25, -0.2) is 14.4 Å². The smallest absolute Gasteiger partial charge is 0.247 e. The summed E-state index contributed by atoms with van der Waals surface area (Å²) in [6.45, 7) is 3.44. The Balaban J connectivity index is 0.00000324. The molecule has 0 aliphatic rings. The van der Waals surface area contributed by atoms with E-state index in [-0.39, 0.29) is 13.3 Å². The van der Waals surface area contributed by atoms with E-state index in [1.807, 2.05) is 78.7 Å². The lowest BCUT2D eigenvalue weighted by Crippen LogP contribution is -2.19. The fourth-order valence-corrected chi connectivity index (χ4v) is 3.49. The van der Waals surface area contributed by atoms with Crippen LogP contribution in [0.25, 0.3) is 22.0 Å². The van der Waals surface area contributed by atoms with Gasteiger partial charge < -0.3 is 15.5 Å². The molecule has 0 bridgehead atoms. The van der Waals surface area contributed by atoms with Crippen LogP contribution in [0, 0.1) is 0 Å². The third-order valence-corrected chi connectivity index (χ3v) is 5.22. The molecule has 1 amide bonds. The molecule has 3 aromatic carbocycles. The van der Waals surface area contributed by atoms with Crippen molar-refractivity contribution in [1.82, 2.24) is 9.97 Å². The van der Waals surface area contributed by atoms with Crippen molar-refractivity contribution in [3.63, 3.8) is 0 Å². The van der Waals surface area contributed by atoms with Gasteiger partial charge in [-0.1, -0.05) is 44.3 Å². The molecule has 1 heterocycles. The van der Waals surface area contributed by atoms with Gasteiger partial charge in [0, 0.05) is 47.8 Å². The predicted octanol–water partition coefficient (Wildman–Crippen LogP) is 6.21. The molecular weight excluding hydrogens is 429 g/mol. The van der Waals surface area contributed by atoms with Gasteiger partial charge in [-0.3, -0.25) is 4.79 Å². The monoisotopic (exact) mass is 457 g/mol. The minimum absolute atomic E-state index is 0. The molecule has 34 heavy (non-hydrogen) atoms. The summed E-state index contributed by atoms with van der Waals surface area (Å²) < 4.78 is 12.6. The first-order valence-electron chi connectivity index (χ1n) is 10.5. The number of hydrogen-bond donors (Lipinski definition) is 2. The molecule has 0 fully saturated rings. The molecular formula is C27H28FN5O. The summed E-state index contributed by atoms with van der Waals surface area (Å²) >= 11 is 0. The Morgan fingerprint density at radius 1 is 1.09 bits per heavy atom. The van der Waals surface area contributed by atoms with Crippen LogP contribution >= 0.6 is 0 Å². The summed E-state index contributed by atoms with van der Waals surface area (Å²) in [5.41, 5.74) is 5.09. The van der Waals surface area contributed by atoms with E-state index in [2.05, 4.69) is 22.2 Å². The quantitative estimate of drug-likeness (QED) is 0.308. The van der Waals surface area contributed by atoms with Gasteiger partial charge in [0.1, 0.15) is 6.67 Å². The Morgan fingerprint density at radius 3 is 2.59 bits per heavy atom. The molecule has 0 spiro atoms. The lowest BCUT2D eigenvalue weighted by Gasteiger charge is -2.17. The molecule has 4 aromatic rings. The second kappa shape index (κ2) is 11.0. The summed E-state index contributed by atoms with van der Waals surface area (Å²) in [5.74, 6) is 0.205. The molecule has 2 N–H and O–H groups in total. The topological polar surface area (TPSA) is 70.2 Å². The zero-order valence-electron chi connectivity index (χ0n) is 18.3. The van der Waals surface area contributed by atoms with Gasteiger partial charge in [-0.2, -0.15) is 0 Å². The number of fused-ring (bicyclic) bond motifs is 1. The molecule has 0 aliphatic carbocycles. The maximum Gasteiger partial charge on any atom is 0.247 e. The van der Waals surface area contributed by atoms with Crippen LogP contribution in [0.1, 0.15) is 7.43 Å². The lowest BCUT2D eigenvalue weighted by molar-refractivity contribution is -0.111. The Kier molecular flexibility index (Phi) is 7.92. The number of nitrogens with one attached hydrogen (secondary N) is 2. The number of rotatable bonds is 8. The number of benzene rings is 3. The number of hydrogen-bond acceptors (Lipinski definition) is 5. The molecule has 174 valence electrons. The summed E-state index contributed by atoms with van der Waals surface area (Å²) in [5, 5.41) is 6.93. The second-order valence-corrected chi connectivity index (χ2v) is 7.49. The van der Waals surface area contributed by atoms with Gasteiger partial charge in [-0.15, -0.1) is 0 Å². The summed E-state index contributed by atoms with van der Waals surface area (Å²) in [6, 6.07) is 21.2. The molecule has 4 rings (SSSR count). The van der Waals surface area contributed by atoms with E-state index in [1.165, 1.54) is 6.08 Å². The maximum absolute atomic E-state index is 12.6. The Morgan fingerprint density at radius 2 is 1.85 bits per heavy atom. The van der Waals surface area contributed by atoms with Crippen molar-refractivity contribution in [2.24, 2.45) is 0 Å². The first kappa shape index (κ1) is 24.4. The average molecular weight is 458 g/mol. The van der Waals surface area contributed by atoms with Gasteiger partial charge in [-0.05, 0) is 48.0 Å². The number of para-hydroxylation sites is 1. The second-order valence-electron chi connectivity index (χ2n) is 7.49. The number of nitrogens with zero attached hydrogens (tertiary/aromatic N) is 3. The largest absolute Gasteiger partial charge is 0.372 e. The fourth-order valence-electron chi connectivity index (χ4n) is 3.49. The van der Waals surface area contributed by atoms with E-state index in [4.69, 9.17) is 4.98 Å². The molecule has 1 aromatic heterocycles. The number of halogens is 1. The molecule has 0 saturated heterocycles. The standard InChI is InChI=1S/C26H24FN5O.CH4/c1-3-24(33)29-21-8-4-6-18(16-21)23-9-5-7-19-17-28-26(31-25(19)23)30-20-10-12-22(13-11-20)32(2)15-14-27;/h3-13,16-17H,1,14-15H2,2H3,(H,29,33)(H,28,30,31);1H4. The average Bonchev–Trinajstić information content (AvgIpc) is 2.84. The van der Waals surface area contributed by atoms with Crippen LogP contribution < -0.4 is 15.5 Å². The van der Waals surface area contributed by atoms with Crippen molar-refractivity contribution in [3.8, 4) is 11.1 Å². The van der Waals surface area contributed by atoms with E-state index in [0.29, 0.717) is 18.2 Å². The third kappa shape index (κ3) is 5.56. The van der Waals surface area contributed by atoms with Gasteiger partial charge in [0.2, 0.25) is 11.9 Å². The SMILES string of the molecule is C.C=CC(=O)Nc1cccc(-c2cccc3cnc(Nc4ccc(N(C)CCF)cc4)nc23)c1. The lowest BCUT2D eigenvalue weighted by atomic mass is 10.0. The highest BCUT2D eigenvalue weighted by Crippen LogP contribution is 2.30. The number of amides is 1. The van der Waals surface area contributed by atoms with E-state index in [0.717, 1.165) is 33.4 Å². The zero-order chi connectivity index (χ0) is 23.2. The molecule has 0 aliphatic heterocycles. The number of alkyl halides is 1. The Bertz CT molecular complexity index is 1290. The van der Waals surface area contributed by atoms with Crippen molar-refractivity contribution in [2.75, 3.05) is 35.8 Å². The molecule has 0 radical (unpaired) electrons. The van der Waals surface area contributed by atoms with Gasteiger partial charge in [0.15, 0.2) is 0 Å². The van der Waals surface area contributed by atoms with E-state index in [1.54, 1.807) is 6.20 Å². The fraction of sp³-hybridized carbons (Fsp3) is 0.148. The van der Waals surface area contributed by atoms with Crippen LogP contribution in [0.5, 0.6) is 0 Å². The van der Waals surface area contributed by atoms with Crippen LogP contribution in [0.4, 0.5) is 27.4 Å². The summed E-state index contributed by atoms with van der Waals surface area (Å²) in [6.07, 6.45) is 3.02. The van der Waals surface area contributed by atoms with E-state index < -0.39 is 6.67 Å². The van der Waals surface area contributed by atoms with E-state index in [9.17, 15) is 9.18 Å². The van der Waals surface area contributed by atoms with Crippen LogP contribution in [-0.4, -0.2) is 36.1 Å². The number of aromatic nitrogens is 2. The van der Waals surface area contributed by atoms with Crippen LogP contribution in [0.3, 0.4) is 0 Å². The van der Waals surface area contributed by atoms with Gasteiger partial charge in [0.05, 0.1) is 5.52 Å². The highest BCUT2D eigenvalue weighted by molar-refractivity contribution is 6.00. The first-order valence-corrected chi connectivity index (χ1v) is 10.5. The normalized spacial score (nSPS) is 10.3. The van der Waals surface area contributed by atoms with Crippen LogP contribution in [0.15, 0.2) is 85.6 Å².